The first-order chi connectivity index (χ1) is 7.40. The minimum Gasteiger partial charge on any atom is -0.345 e. The molecule has 1 fully saturated rings. The van der Waals surface area contributed by atoms with Gasteiger partial charge in [-0.15, -0.1) is 0 Å². The van der Waals surface area contributed by atoms with Crippen LogP contribution in [0.4, 0.5) is 0 Å². The van der Waals surface area contributed by atoms with Gasteiger partial charge in [-0.05, 0) is 12.8 Å². The molecular formula is C12H21N3. The van der Waals surface area contributed by atoms with Crippen molar-refractivity contribution in [2.45, 2.75) is 57.4 Å². The van der Waals surface area contributed by atoms with E-state index in [1.54, 1.807) is 0 Å². The highest BCUT2D eigenvalue weighted by Gasteiger charge is 2.16. The summed E-state index contributed by atoms with van der Waals surface area (Å²) in [6, 6.07) is 0. The van der Waals surface area contributed by atoms with Crippen LogP contribution in [0.1, 0.15) is 62.4 Å². The third-order valence-electron chi connectivity index (χ3n) is 3.36. The fourth-order valence-corrected chi connectivity index (χ4v) is 2.42. The molecule has 0 aromatic carbocycles. The van der Waals surface area contributed by atoms with Crippen molar-refractivity contribution in [3.8, 4) is 0 Å². The molecule has 3 nitrogen and oxygen atoms in total. The van der Waals surface area contributed by atoms with Crippen LogP contribution in [-0.4, -0.2) is 9.97 Å². The Morgan fingerprint density at radius 1 is 1.20 bits per heavy atom. The van der Waals surface area contributed by atoms with E-state index in [0.717, 1.165) is 11.5 Å². The van der Waals surface area contributed by atoms with Crippen LogP contribution in [0.5, 0.6) is 0 Å². The summed E-state index contributed by atoms with van der Waals surface area (Å²) in [5.41, 5.74) is 6.64. The van der Waals surface area contributed by atoms with E-state index in [0.29, 0.717) is 12.5 Å². The van der Waals surface area contributed by atoms with Gasteiger partial charge in [-0.1, -0.05) is 32.1 Å². The van der Waals surface area contributed by atoms with E-state index in [-0.39, 0.29) is 0 Å². The van der Waals surface area contributed by atoms with Gasteiger partial charge >= 0.3 is 0 Å². The molecule has 0 bridgehead atoms. The molecule has 0 saturated heterocycles. The third-order valence-corrected chi connectivity index (χ3v) is 3.36. The van der Waals surface area contributed by atoms with Gasteiger partial charge in [0.2, 0.25) is 0 Å². The van der Waals surface area contributed by atoms with Crippen LogP contribution >= 0.6 is 0 Å². The van der Waals surface area contributed by atoms with Crippen molar-refractivity contribution < 1.29 is 0 Å². The summed E-state index contributed by atoms with van der Waals surface area (Å²) >= 11 is 0. The molecule has 3 heteroatoms. The van der Waals surface area contributed by atoms with Crippen LogP contribution in [0.3, 0.4) is 0 Å². The maximum absolute atomic E-state index is 5.58. The Kier molecular flexibility index (Phi) is 3.78. The number of hydrogen-bond acceptors (Lipinski definition) is 2. The van der Waals surface area contributed by atoms with Crippen molar-refractivity contribution in [3.05, 3.63) is 17.7 Å². The van der Waals surface area contributed by atoms with Gasteiger partial charge < -0.3 is 10.7 Å². The van der Waals surface area contributed by atoms with Crippen LogP contribution in [0.15, 0.2) is 6.20 Å². The number of aromatic amines is 1. The molecule has 84 valence electrons. The summed E-state index contributed by atoms with van der Waals surface area (Å²) in [4.78, 5) is 7.79. The van der Waals surface area contributed by atoms with Crippen molar-refractivity contribution >= 4 is 0 Å². The Morgan fingerprint density at radius 2 is 1.87 bits per heavy atom. The van der Waals surface area contributed by atoms with E-state index in [1.165, 1.54) is 44.9 Å². The van der Waals surface area contributed by atoms with Crippen LogP contribution in [0.2, 0.25) is 0 Å². The van der Waals surface area contributed by atoms with E-state index in [1.807, 2.05) is 6.20 Å². The van der Waals surface area contributed by atoms with Gasteiger partial charge in [0.15, 0.2) is 0 Å². The highest BCUT2D eigenvalue weighted by atomic mass is 14.9. The molecule has 1 aromatic heterocycles. The Labute approximate surface area is 91.5 Å². The minimum absolute atomic E-state index is 0.569. The summed E-state index contributed by atoms with van der Waals surface area (Å²) in [6.45, 7) is 0.569. The molecule has 1 aromatic rings. The van der Waals surface area contributed by atoms with E-state index in [9.17, 15) is 0 Å². The number of imidazole rings is 1. The van der Waals surface area contributed by atoms with E-state index in [2.05, 4.69) is 9.97 Å². The van der Waals surface area contributed by atoms with Crippen LogP contribution in [-0.2, 0) is 6.54 Å². The molecule has 0 aliphatic heterocycles. The zero-order valence-electron chi connectivity index (χ0n) is 9.34. The van der Waals surface area contributed by atoms with Gasteiger partial charge in [0.1, 0.15) is 5.82 Å². The number of nitrogens with one attached hydrogen (secondary N) is 1. The van der Waals surface area contributed by atoms with Gasteiger partial charge in [0.25, 0.3) is 0 Å². The summed E-state index contributed by atoms with van der Waals surface area (Å²) in [5, 5.41) is 0. The lowest BCUT2D eigenvalue weighted by atomic mass is 9.91. The lowest BCUT2D eigenvalue weighted by Gasteiger charge is -2.17. The number of aromatic nitrogens is 2. The topological polar surface area (TPSA) is 54.7 Å². The minimum atomic E-state index is 0.569. The highest BCUT2D eigenvalue weighted by molar-refractivity contribution is 5.05. The fraction of sp³-hybridized carbons (Fsp3) is 0.750. The lowest BCUT2D eigenvalue weighted by Crippen LogP contribution is -2.05. The molecule has 2 rings (SSSR count). The smallest absolute Gasteiger partial charge is 0.109 e. The monoisotopic (exact) mass is 207 g/mol. The van der Waals surface area contributed by atoms with Crippen molar-refractivity contribution in [2.75, 3.05) is 0 Å². The van der Waals surface area contributed by atoms with Crippen molar-refractivity contribution in [2.24, 2.45) is 5.73 Å². The normalized spacial score (nSPS) is 19.8. The second-order valence-corrected chi connectivity index (χ2v) is 4.54. The SMILES string of the molecule is NCc1cnc(C2CCCCCCC2)[nH]1. The fourth-order valence-electron chi connectivity index (χ4n) is 2.42. The zero-order valence-corrected chi connectivity index (χ0v) is 9.34. The first-order valence-corrected chi connectivity index (χ1v) is 6.14. The van der Waals surface area contributed by atoms with Gasteiger partial charge in [-0.3, -0.25) is 0 Å². The number of H-pyrrole nitrogens is 1. The maximum atomic E-state index is 5.58. The largest absolute Gasteiger partial charge is 0.345 e. The summed E-state index contributed by atoms with van der Waals surface area (Å²) in [7, 11) is 0. The second kappa shape index (κ2) is 5.31. The molecule has 1 aliphatic carbocycles. The Hall–Kier alpha value is -0.830. The number of nitrogens with zero attached hydrogens (tertiary/aromatic N) is 1. The molecule has 0 atom stereocenters. The third kappa shape index (κ3) is 2.81. The van der Waals surface area contributed by atoms with Crippen molar-refractivity contribution in [1.82, 2.24) is 9.97 Å². The van der Waals surface area contributed by atoms with Crippen molar-refractivity contribution in [1.29, 1.82) is 0 Å². The molecule has 15 heavy (non-hydrogen) atoms. The predicted molar refractivity (Wildman–Crippen MR) is 61.5 cm³/mol. The number of nitrogens with two attached hydrogens (primary N) is 1. The van der Waals surface area contributed by atoms with Crippen LogP contribution in [0.25, 0.3) is 0 Å². The number of hydrogen-bond donors (Lipinski definition) is 2. The van der Waals surface area contributed by atoms with Crippen LogP contribution in [0, 0.1) is 0 Å². The average molecular weight is 207 g/mol. The molecule has 1 heterocycles. The summed E-state index contributed by atoms with van der Waals surface area (Å²) < 4.78 is 0. The number of rotatable bonds is 2. The molecule has 0 amide bonds. The Morgan fingerprint density at radius 3 is 2.47 bits per heavy atom. The molecule has 0 spiro atoms. The second-order valence-electron chi connectivity index (χ2n) is 4.54. The highest BCUT2D eigenvalue weighted by Crippen LogP contribution is 2.28. The Bertz CT molecular complexity index is 285. The summed E-state index contributed by atoms with van der Waals surface area (Å²) in [6.07, 6.45) is 11.4. The molecule has 3 N–H and O–H groups in total. The molecular weight excluding hydrogens is 186 g/mol. The van der Waals surface area contributed by atoms with E-state index < -0.39 is 0 Å². The first kappa shape index (κ1) is 10.7. The molecule has 0 unspecified atom stereocenters. The average Bonchev–Trinajstić information content (AvgIpc) is 2.65. The van der Waals surface area contributed by atoms with Gasteiger partial charge in [-0.25, -0.2) is 4.98 Å². The lowest BCUT2D eigenvalue weighted by molar-refractivity contribution is 0.444. The van der Waals surface area contributed by atoms with E-state index in [4.69, 9.17) is 5.73 Å². The zero-order chi connectivity index (χ0) is 10.5. The van der Waals surface area contributed by atoms with E-state index >= 15 is 0 Å². The molecule has 1 aliphatic rings. The quantitative estimate of drug-likeness (QED) is 0.783. The predicted octanol–water partition coefficient (Wildman–Crippen LogP) is 2.70. The summed E-state index contributed by atoms with van der Waals surface area (Å²) in [5.74, 6) is 1.81. The van der Waals surface area contributed by atoms with Gasteiger partial charge in [-0.2, -0.15) is 0 Å². The van der Waals surface area contributed by atoms with Gasteiger partial charge in [0, 0.05) is 24.4 Å². The molecule has 1 saturated carbocycles. The first-order valence-electron chi connectivity index (χ1n) is 6.14. The standard InChI is InChI=1S/C12H21N3/c13-8-11-9-14-12(15-11)10-6-4-2-1-3-5-7-10/h9-10H,1-8,13H2,(H,14,15). The van der Waals surface area contributed by atoms with Gasteiger partial charge in [0.05, 0.1) is 0 Å². The Balaban J connectivity index is 2.00. The van der Waals surface area contributed by atoms with Crippen LogP contribution < -0.4 is 5.73 Å². The maximum Gasteiger partial charge on any atom is 0.109 e. The molecule has 0 radical (unpaired) electrons. The van der Waals surface area contributed by atoms with Crippen molar-refractivity contribution in [3.63, 3.8) is 0 Å².